The predicted octanol–water partition coefficient (Wildman–Crippen LogP) is 1.36. The van der Waals surface area contributed by atoms with Gasteiger partial charge in [0.1, 0.15) is 5.82 Å². The maximum Gasteiger partial charge on any atom is 0.224 e. The number of anilines is 2. The molecule has 5 heteroatoms. The Bertz CT molecular complexity index is 429. The van der Waals surface area contributed by atoms with Crippen molar-refractivity contribution in [2.75, 3.05) is 43.9 Å². The van der Waals surface area contributed by atoms with Gasteiger partial charge in [0.15, 0.2) is 0 Å². The molecule has 1 N–H and O–H groups in total. The number of hydrogen-bond acceptors (Lipinski definition) is 5. The van der Waals surface area contributed by atoms with Crippen LogP contribution in [-0.4, -0.2) is 54.1 Å². The molecule has 1 aliphatic rings. The maximum absolute atomic E-state index is 4.59. The van der Waals surface area contributed by atoms with Gasteiger partial charge in [-0.3, -0.25) is 4.90 Å². The molecule has 100 valence electrons. The van der Waals surface area contributed by atoms with Crippen molar-refractivity contribution in [3.05, 3.63) is 11.8 Å². The highest BCUT2D eigenvalue weighted by Gasteiger charge is 2.32. The molecule has 2 rings (SSSR count). The summed E-state index contributed by atoms with van der Waals surface area (Å²) in [7, 11) is 4.03. The number of likely N-dealkylation sites (N-methyl/N-ethyl adjacent to an activating group) is 1. The molecule has 0 bridgehead atoms. The summed E-state index contributed by atoms with van der Waals surface area (Å²) >= 11 is 0. The maximum atomic E-state index is 4.59. The molecule has 1 aromatic heterocycles. The number of rotatable bonds is 2. The van der Waals surface area contributed by atoms with Crippen LogP contribution >= 0.6 is 0 Å². The van der Waals surface area contributed by atoms with Gasteiger partial charge in [0.25, 0.3) is 0 Å². The molecular weight excluding hydrogens is 226 g/mol. The van der Waals surface area contributed by atoms with Crippen LogP contribution in [0.4, 0.5) is 11.8 Å². The summed E-state index contributed by atoms with van der Waals surface area (Å²) in [6.07, 6.45) is 1.89. The van der Waals surface area contributed by atoms with Gasteiger partial charge < -0.3 is 10.2 Å². The van der Waals surface area contributed by atoms with Gasteiger partial charge in [-0.15, -0.1) is 0 Å². The molecule has 1 aromatic rings. The molecule has 0 amide bonds. The summed E-state index contributed by atoms with van der Waals surface area (Å²) in [5, 5.41) is 3.00. The van der Waals surface area contributed by atoms with Crippen LogP contribution in [0.1, 0.15) is 19.4 Å². The van der Waals surface area contributed by atoms with Crippen LogP contribution in [0.5, 0.6) is 0 Å². The van der Waals surface area contributed by atoms with Crippen molar-refractivity contribution in [3.8, 4) is 0 Å². The van der Waals surface area contributed by atoms with Crippen LogP contribution in [0.15, 0.2) is 6.20 Å². The van der Waals surface area contributed by atoms with E-state index in [0.29, 0.717) is 5.95 Å². The number of piperazine rings is 1. The van der Waals surface area contributed by atoms with Gasteiger partial charge in [-0.05, 0) is 27.8 Å². The summed E-state index contributed by atoms with van der Waals surface area (Å²) < 4.78 is 0. The average Bonchev–Trinajstić information content (AvgIpc) is 2.33. The van der Waals surface area contributed by atoms with Crippen molar-refractivity contribution in [2.45, 2.75) is 26.3 Å². The molecule has 0 spiro atoms. The Hall–Kier alpha value is -1.36. The zero-order valence-electron chi connectivity index (χ0n) is 12.0. The predicted molar refractivity (Wildman–Crippen MR) is 75.2 cm³/mol. The van der Waals surface area contributed by atoms with Gasteiger partial charge in [0, 0.05) is 44.0 Å². The van der Waals surface area contributed by atoms with Gasteiger partial charge in [0.05, 0.1) is 0 Å². The smallest absolute Gasteiger partial charge is 0.224 e. The summed E-state index contributed by atoms with van der Waals surface area (Å²) in [6, 6.07) is 0. The van der Waals surface area contributed by atoms with Crippen LogP contribution in [0, 0.1) is 6.92 Å². The van der Waals surface area contributed by atoms with Crippen LogP contribution in [-0.2, 0) is 0 Å². The molecule has 1 saturated heterocycles. The van der Waals surface area contributed by atoms with Gasteiger partial charge in [-0.1, -0.05) is 0 Å². The number of aryl methyl sites for hydroxylation is 1. The first-order chi connectivity index (χ1) is 8.44. The van der Waals surface area contributed by atoms with E-state index in [9.17, 15) is 0 Å². The number of nitrogens with one attached hydrogen (secondary N) is 1. The monoisotopic (exact) mass is 249 g/mol. The van der Waals surface area contributed by atoms with Crippen molar-refractivity contribution in [1.82, 2.24) is 14.9 Å². The molecule has 0 aliphatic carbocycles. The Balaban J connectivity index is 2.26. The largest absolute Gasteiger partial charge is 0.357 e. The van der Waals surface area contributed by atoms with E-state index in [2.05, 4.69) is 52.9 Å². The van der Waals surface area contributed by atoms with Crippen molar-refractivity contribution in [3.63, 3.8) is 0 Å². The third-order valence-electron chi connectivity index (χ3n) is 3.78. The number of aromatic nitrogens is 2. The fourth-order valence-corrected chi connectivity index (χ4v) is 2.29. The molecular formula is C13H23N5. The second-order valence-electron chi connectivity index (χ2n) is 5.61. The fraction of sp³-hybridized carbons (Fsp3) is 0.692. The Kier molecular flexibility index (Phi) is 3.43. The topological polar surface area (TPSA) is 44.3 Å². The minimum absolute atomic E-state index is 0.176. The van der Waals surface area contributed by atoms with E-state index in [1.165, 1.54) is 0 Å². The average molecular weight is 249 g/mol. The molecule has 0 aromatic carbocycles. The Labute approximate surface area is 109 Å². The molecule has 0 atom stereocenters. The first-order valence-corrected chi connectivity index (χ1v) is 6.41. The van der Waals surface area contributed by atoms with E-state index >= 15 is 0 Å². The fourth-order valence-electron chi connectivity index (χ4n) is 2.29. The third kappa shape index (κ3) is 2.41. The van der Waals surface area contributed by atoms with Gasteiger partial charge >= 0.3 is 0 Å². The lowest BCUT2D eigenvalue weighted by atomic mass is 9.99. The van der Waals surface area contributed by atoms with Crippen LogP contribution in [0.25, 0.3) is 0 Å². The second kappa shape index (κ2) is 4.72. The normalized spacial score (nSPS) is 19.9. The van der Waals surface area contributed by atoms with E-state index in [4.69, 9.17) is 0 Å². The third-order valence-corrected chi connectivity index (χ3v) is 3.78. The quantitative estimate of drug-likeness (QED) is 0.857. The molecule has 18 heavy (non-hydrogen) atoms. The highest BCUT2D eigenvalue weighted by atomic mass is 15.3. The summed E-state index contributed by atoms with van der Waals surface area (Å²) in [4.78, 5) is 13.6. The first-order valence-electron chi connectivity index (χ1n) is 6.41. The van der Waals surface area contributed by atoms with E-state index in [0.717, 1.165) is 31.0 Å². The van der Waals surface area contributed by atoms with Crippen LogP contribution in [0.3, 0.4) is 0 Å². The van der Waals surface area contributed by atoms with Crippen molar-refractivity contribution < 1.29 is 0 Å². The van der Waals surface area contributed by atoms with Crippen molar-refractivity contribution in [1.29, 1.82) is 0 Å². The molecule has 0 saturated carbocycles. The first kappa shape index (κ1) is 13.1. The van der Waals surface area contributed by atoms with Gasteiger partial charge in [0.2, 0.25) is 5.95 Å². The zero-order valence-corrected chi connectivity index (χ0v) is 12.0. The van der Waals surface area contributed by atoms with Crippen LogP contribution in [0.2, 0.25) is 0 Å². The standard InChI is InChI=1S/C13H23N5/c1-10-8-15-12(14-4)16-11(10)18-7-6-17(5)13(2,3)9-18/h8H,6-7,9H2,1-5H3,(H,14,15,16). The van der Waals surface area contributed by atoms with Gasteiger partial charge in [-0.25, -0.2) is 4.98 Å². The Morgan fingerprint density at radius 2 is 2.06 bits per heavy atom. The van der Waals surface area contributed by atoms with E-state index in [1.807, 2.05) is 13.2 Å². The summed E-state index contributed by atoms with van der Waals surface area (Å²) in [5.41, 5.74) is 1.31. The molecule has 1 aliphatic heterocycles. The number of nitrogens with zero attached hydrogens (tertiary/aromatic N) is 4. The lowest BCUT2D eigenvalue weighted by Gasteiger charge is -2.46. The minimum atomic E-state index is 0.176. The van der Waals surface area contributed by atoms with Gasteiger partial charge in [-0.2, -0.15) is 4.98 Å². The molecule has 5 nitrogen and oxygen atoms in total. The Morgan fingerprint density at radius 1 is 1.33 bits per heavy atom. The molecule has 2 heterocycles. The summed E-state index contributed by atoms with van der Waals surface area (Å²) in [5.74, 6) is 1.74. The highest BCUT2D eigenvalue weighted by Crippen LogP contribution is 2.25. The molecule has 0 unspecified atom stereocenters. The zero-order chi connectivity index (χ0) is 13.3. The summed E-state index contributed by atoms with van der Waals surface area (Å²) in [6.45, 7) is 9.68. The lowest BCUT2D eigenvalue weighted by Crippen LogP contribution is -2.58. The molecule has 1 fully saturated rings. The van der Waals surface area contributed by atoms with E-state index < -0.39 is 0 Å². The SMILES string of the molecule is CNc1ncc(C)c(N2CCN(C)C(C)(C)C2)n1. The lowest BCUT2D eigenvalue weighted by molar-refractivity contribution is 0.138. The number of hydrogen-bond donors (Lipinski definition) is 1. The van der Waals surface area contributed by atoms with Crippen LogP contribution < -0.4 is 10.2 Å². The highest BCUT2D eigenvalue weighted by molar-refractivity contribution is 5.49. The van der Waals surface area contributed by atoms with E-state index in [1.54, 1.807) is 0 Å². The Morgan fingerprint density at radius 3 is 2.67 bits per heavy atom. The minimum Gasteiger partial charge on any atom is -0.357 e. The second-order valence-corrected chi connectivity index (χ2v) is 5.61. The van der Waals surface area contributed by atoms with Crippen molar-refractivity contribution >= 4 is 11.8 Å². The van der Waals surface area contributed by atoms with Crippen molar-refractivity contribution in [2.24, 2.45) is 0 Å². The van der Waals surface area contributed by atoms with E-state index in [-0.39, 0.29) is 5.54 Å². The molecule has 0 radical (unpaired) electrons.